The maximum Gasteiger partial charge on any atom is 0.226 e. The van der Waals surface area contributed by atoms with Crippen LogP contribution in [0.4, 0.5) is 15.9 Å². The first-order chi connectivity index (χ1) is 16.7. The third-order valence-electron chi connectivity index (χ3n) is 5.58. The molecule has 0 radical (unpaired) electrons. The fourth-order valence-corrected chi connectivity index (χ4v) is 4.00. The van der Waals surface area contributed by atoms with Gasteiger partial charge < -0.3 is 31.9 Å². The van der Waals surface area contributed by atoms with E-state index in [2.05, 4.69) is 32.5 Å². The van der Waals surface area contributed by atoms with E-state index in [4.69, 9.17) is 23.1 Å². The standard InChI is InChI=1S/C24H31ClFN7OS/c1-32-9-11-33(12-10-32)8-6-23(34)31-22-14-17(5-7-29-22)30-21(24(28)35-2)15-20(27)18-13-16(25)3-4-19(18)26/h3-5,7,13-15H,6,8-12,27-28H2,1-2H3,(H2,29,30,31,34)/b20-15-,24-21-. The molecule has 1 aliphatic heterocycles. The molecule has 188 valence electrons. The van der Waals surface area contributed by atoms with E-state index < -0.39 is 5.82 Å². The van der Waals surface area contributed by atoms with Crippen LogP contribution in [0, 0.1) is 5.82 Å². The van der Waals surface area contributed by atoms with E-state index in [1.165, 1.54) is 30.0 Å². The summed E-state index contributed by atoms with van der Waals surface area (Å²) in [6, 6.07) is 7.60. The summed E-state index contributed by atoms with van der Waals surface area (Å²) >= 11 is 7.31. The molecule has 2 heterocycles. The summed E-state index contributed by atoms with van der Waals surface area (Å²) in [7, 11) is 2.10. The zero-order valence-corrected chi connectivity index (χ0v) is 21.4. The van der Waals surface area contributed by atoms with Gasteiger partial charge in [-0.3, -0.25) is 4.79 Å². The smallest absolute Gasteiger partial charge is 0.226 e. The molecule has 2 aromatic rings. The molecule has 0 saturated carbocycles. The molecule has 0 unspecified atom stereocenters. The lowest BCUT2D eigenvalue weighted by atomic mass is 10.1. The number of nitrogens with two attached hydrogens (primary N) is 2. The molecule has 0 spiro atoms. The highest BCUT2D eigenvalue weighted by atomic mass is 35.5. The Labute approximate surface area is 214 Å². The number of nitrogens with one attached hydrogen (secondary N) is 2. The number of piperazine rings is 1. The number of rotatable bonds is 9. The summed E-state index contributed by atoms with van der Waals surface area (Å²) in [6.07, 6.45) is 5.34. The number of pyridine rings is 1. The van der Waals surface area contributed by atoms with Crippen molar-refractivity contribution in [1.82, 2.24) is 14.8 Å². The number of nitrogens with zero attached hydrogens (tertiary/aromatic N) is 3. The molecule has 6 N–H and O–H groups in total. The average molecular weight is 520 g/mol. The van der Waals surface area contributed by atoms with E-state index in [0.717, 1.165) is 26.2 Å². The molecule has 1 aromatic heterocycles. The maximum absolute atomic E-state index is 14.2. The summed E-state index contributed by atoms with van der Waals surface area (Å²) in [6.45, 7) is 4.65. The first-order valence-electron chi connectivity index (χ1n) is 11.2. The van der Waals surface area contributed by atoms with Gasteiger partial charge >= 0.3 is 0 Å². The first-order valence-corrected chi connectivity index (χ1v) is 12.8. The molecule has 1 saturated heterocycles. The second kappa shape index (κ2) is 12.8. The van der Waals surface area contributed by atoms with Gasteiger partial charge in [-0.25, -0.2) is 9.37 Å². The Bertz CT molecular complexity index is 1100. The largest absolute Gasteiger partial charge is 0.398 e. The van der Waals surface area contributed by atoms with Crippen molar-refractivity contribution >= 4 is 46.5 Å². The minimum Gasteiger partial charge on any atom is -0.398 e. The zero-order chi connectivity index (χ0) is 25.4. The predicted octanol–water partition coefficient (Wildman–Crippen LogP) is 3.35. The highest BCUT2D eigenvalue weighted by Gasteiger charge is 2.15. The van der Waals surface area contributed by atoms with Crippen LogP contribution in [0.25, 0.3) is 5.70 Å². The van der Waals surface area contributed by atoms with Crippen LogP contribution in [0.5, 0.6) is 0 Å². The number of hydrogen-bond donors (Lipinski definition) is 4. The van der Waals surface area contributed by atoms with Crippen LogP contribution in [0.1, 0.15) is 12.0 Å². The molecule has 1 aliphatic rings. The molecule has 1 aromatic carbocycles. The SMILES string of the molecule is CS/C(N)=C(/C=C(\N)c1cc(Cl)ccc1F)Nc1ccnc(NC(=O)CCN2CCN(C)CC2)c1. The van der Waals surface area contributed by atoms with E-state index in [1.54, 1.807) is 24.4 Å². The molecule has 0 aliphatic carbocycles. The number of hydrogen-bond acceptors (Lipinski definition) is 8. The summed E-state index contributed by atoms with van der Waals surface area (Å²) in [5.41, 5.74) is 13.8. The average Bonchev–Trinajstić information content (AvgIpc) is 2.84. The van der Waals surface area contributed by atoms with E-state index >= 15 is 0 Å². The van der Waals surface area contributed by atoms with Crippen LogP contribution >= 0.6 is 23.4 Å². The minimum absolute atomic E-state index is 0.103. The zero-order valence-electron chi connectivity index (χ0n) is 19.9. The third-order valence-corrected chi connectivity index (χ3v) is 6.48. The van der Waals surface area contributed by atoms with Gasteiger partial charge in [0.1, 0.15) is 11.6 Å². The van der Waals surface area contributed by atoms with Gasteiger partial charge in [-0.15, -0.1) is 11.8 Å². The Morgan fingerprint density at radius 2 is 1.94 bits per heavy atom. The van der Waals surface area contributed by atoms with Gasteiger partial charge in [0.25, 0.3) is 0 Å². The number of halogens is 2. The van der Waals surface area contributed by atoms with E-state index in [9.17, 15) is 9.18 Å². The number of thioether (sulfide) groups is 1. The second-order valence-electron chi connectivity index (χ2n) is 8.20. The second-order valence-corrected chi connectivity index (χ2v) is 9.49. The number of amides is 1. The number of benzene rings is 1. The summed E-state index contributed by atoms with van der Waals surface area (Å²) in [5, 5.41) is 6.85. The van der Waals surface area contributed by atoms with Gasteiger partial charge in [0.05, 0.1) is 10.7 Å². The number of allylic oxidation sites excluding steroid dienone is 1. The predicted molar refractivity (Wildman–Crippen MR) is 143 cm³/mol. The molecule has 11 heteroatoms. The van der Waals surface area contributed by atoms with Crippen molar-refractivity contribution in [2.45, 2.75) is 6.42 Å². The summed E-state index contributed by atoms with van der Waals surface area (Å²) in [4.78, 5) is 21.3. The van der Waals surface area contributed by atoms with Crippen molar-refractivity contribution in [2.75, 3.05) is 56.7 Å². The number of likely N-dealkylation sites (N-methyl/N-ethyl adjacent to an activating group) is 1. The lowest BCUT2D eigenvalue weighted by Gasteiger charge is -2.32. The van der Waals surface area contributed by atoms with Crippen molar-refractivity contribution in [3.05, 3.63) is 69.7 Å². The lowest BCUT2D eigenvalue weighted by Crippen LogP contribution is -2.45. The first kappa shape index (κ1) is 26.8. The molecule has 1 amide bonds. The molecule has 0 atom stereocenters. The Balaban J connectivity index is 1.67. The number of carbonyl (C=O) groups excluding carboxylic acids is 1. The quantitative estimate of drug-likeness (QED) is 0.373. The number of carbonyl (C=O) groups is 1. The Morgan fingerprint density at radius 1 is 1.20 bits per heavy atom. The lowest BCUT2D eigenvalue weighted by molar-refractivity contribution is -0.116. The summed E-state index contributed by atoms with van der Waals surface area (Å²) in [5.74, 6) is -0.178. The van der Waals surface area contributed by atoms with Gasteiger partial charge in [-0.2, -0.15) is 0 Å². The molecular formula is C24H31ClFN7OS. The van der Waals surface area contributed by atoms with Crippen LogP contribution in [0.15, 0.2) is 53.3 Å². The molecule has 8 nitrogen and oxygen atoms in total. The highest BCUT2D eigenvalue weighted by molar-refractivity contribution is 8.02. The van der Waals surface area contributed by atoms with Gasteiger partial charge in [0.15, 0.2) is 0 Å². The van der Waals surface area contributed by atoms with Crippen molar-refractivity contribution < 1.29 is 9.18 Å². The topological polar surface area (TPSA) is 113 Å². The fraction of sp³-hybridized carbons (Fsp3) is 0.333. The van der Waals surface area contributed by atoms with Crippen LogP contribution in [0.2, 0.25) is 5.02 Å². The fourth-order valence-electron chi connectivity index (χ4n) is 3.50. The maximum atomic E-state index is 14.2. The third kappa shape index (κ3) is 8.14. The Morgan fingerprint density at radius 3 is 2.66 bits per heavy atom. The number of anilines is 2. The van der Waals surface area contributed by atoms with Gasteiger partial charge in [-0.1, -0.05) is 11.6 Å². The molecule has 0 bridgehead atoms. The Kier molecular flexibility index (Phi) is 9.79. The van der Waals surface area contributed by atoms with Crippen LogP contribution in [0.3, 0.4) is 0 Å². The van der Waals surface area contributed by atoms with Crippen LogP contribution < -0.4 is 22.1 Å². The van der Waals surface area contributed by atoms with E-state index in [1.807, 2.05) is 6.26 Å². The van der Waals surface area contributed by atoms with Crippen molar-refractivity contribution in [2.24, 2.45) is 11.5 Å². The minimum atomic E-state index is -0.490. The van der Waals surface area contributed by atoms with Crippen molar-refractivity contribution in [1.29, 1.82) is 0 Å². The Hall–Kier alpha value is -2.79. The molecule has 3 rings (SSSR count). The van der Waals surface area contributed by atoms with E-state index in [-0.39, 0.29) is 17.2 Å². The van der Waals surface area contributed by atoms with Gasteiger partial charge in [0, 0.05) is 73.4 Å². The molecule has 35 heavy (non-hydrogen) atoms. The van der Waals surface area contributed by atoms with Crippen LogP contribution in [-0.4, -0.2) is 66.7 Å². The molecular weight excluding hydrogens is 489 g/mol. The van der Waals surface area contributed by atoms with Gasteiger partial charge in [0.2, 0.25) is 5.91 Å². The highest BCUT2D eigenvalue weighted by Crippen LogP contribution is 2.24. The molecule has 1 fully saturated rings. The number of aromatic nitrogens is 1. The van der Waals surface area contributed by atoms with Crippen LogP contribution in [-0.2, 0) is 4.79 Å². The van der Waals surface area contributed by atoms with Gasteiger partial charge in [-0.05, 0) is 43.6 Å². The summed E-state index contributed by atoms with van der Waals surface area (Å²) < 4.78 is 14.2. The van der Waals surface area contributed by atoms with Crippen molar-refractivity contribution in [3.63, 3.8) is 0 Å². The van der Waals surface area contributed by atoms with Crippen molar-refractivity contribution in [3.8, 4) is 0 Å². The van der Waals surface area contributed by atoms with E-state index in [0.29, 0.717) is 40.2 Å². The normalized spacial score (nSPS) is 16.1. The monoisotopic (exact) mass is 519 g/mol.